The zero-order valence-corrected chi connectivity index (χ0v) is 15.4. The molecule has 2 aromatic carbocycles. The lowest BCUT2D eigenvalue weighted by Gasteiger charge is -2.11. The largest absolute Gasteiger partial charge is 0.494 e. The maximum Gasteiger partial charge on any atom is 0.262 e. The highest BCUT2D eigenvalue weighted by Crippen LogP contribution is 2.19. The highest BCUT2D eigenvalue weighted by Gasteiger charge is 2.06. The van der Waals surface area contributed by atoms with Crippen molar-refractivity contribution in [2.75, 3.05) is 18.5 Å². The topological polar surface area (TPSA) is 47.6 Å². The lowest BCUT2D eigenvalue weighted by atomic mass is 10.1. The van der Waals surface area contributed by atoms with Crippen molar-refractivity contribution in [2.45, 2.75) is 32.6 Å². The van der Waals surface area contributed by atoms with Gasteiger partial charge in [-0.05, 0) is 48.7 Å². The molecule has 0 aromatic heterocycles. The molecule has 2 rings (SSSR count). The summed E-state index contributed by atoms with van der Waals surface area (Å²) in [6.07, 6.45) is 5.92. The summed E-state index contributed by atoms with van der Waals surface area (Å²) in [6.45, 7) is 6.59. The van der Waals surface area contributed by atoms with Crippen molar-refractivity contribution in [3.63, 3.8) is 0 Å². The van der Waals surface area contributed by atoms with Gasteiger partial charge in [0.1, 0.15) is 11.5 Å². The third-order valence-corrected chi connectivity index (χ3v) is 3.85. The van der Waals surface area contributed by atoms with Gasteiger partial charge in [-0.1, -0.05) is 44.0 Å². The van der Waals surface area contributed by atoms with Gasteiger partial charge in [0, 0.05) is 5.69 Å². The summed E-state index contributed by atoms with van der Waals surface area (Å²) in [4.78, 5) is 12.1. The van der Waals surface area contributed by atoms with Gasteiger partial charge in [0.05, 0.1) is 6.61 Å². The van der Waals surface area contributed by atoms with Crippen molar-refractivity contribution in [3.8, 4) is 11.5 Å². The van der Waals surface area contributed by atoms with E-state index in [1.165, 1.54) is 12.8 Å². The lowest BCUT2D eigenvalue weighted by Crippen LogP contribution is -2.20. The van der Waals surface area contributed by atoms with E-state index in [4.69, 9.17) is 9.47 Å². The van der Waals surface area contributed by atoms with Crippen LogP contribution >= 0.6 is 0 Å². The molecule has 1 amide bonds. The Balaban J connectivity index is 1.80. The molecule has 4 nitrogen and oxygen atoms in total. The van der Waals surface area contributed by atoms with Crippen LogP contribution in [0.4, 0.5) is 5.69 Å². The monoisotopic (exact) mass is 353 g/mol. The summed E-state index contributed by atoms with van der Waals surface area (Å²) in [7, 11) is 0. The number of nitrogens with one attached hydrogen (secondary N) is 1. The molecule has 0 spiro atoms. The summed E-state index contributed by atoms with van der Waals surface area (Å²) >= 11 is 0. The maximum atomic E-state index is 12.1. The first-order valence-electron chi connectivity index (χ1n) is 9.07. The number of carbonyl (C=O) groups excluding carboxylic acids is 1. The van der Waals surface area contributed by atoms with Crippen LogP contribution in [0.2, 0.25) is 0 Å². The molecule has 4 heteroatoms. The van der Waals surface area contributed by atoms with Crippen LogP contribution < -0.4 is 14.8 Å². The van der Waals surface area contributed by atoms with Crippen LogP contribution in [0.25, 0.3) is 0 Å². The Hall–Kier alpha value is -2.75. The Kier molecular flexibility index (Phi) is 8.27. The van der Waals surface area contributed by atoms with Crippen LogP contribution in [0.15, 0.2) is 61.2 Å². The van der Waals surface area contributed by atoms with Gasteiger partial charge in [-0.25, -0.2) is 0 Å². The highest BCUT2D eigenvalue weighted by atomic mass is 16.5. The van der Waals surface area contributed by atoms with E-state index in [0.29, 0.717) is 12.2 Å². The minimum absolute atomic E-state index is 0.0383. The number of unbranched alkanes of at least 4 members (excludes halogenated alkanes) is 2. The Bertz CT molecular complexity index is 695. The predicted molar refractivity (Wildman–Crippen MR) is 106 cm³/mol. The van der Waals surface area contributed by atoms with Crippen molar-refractivity contribution in [3.05, 3.63) is 66.7 Å². The number of rotatable bonds is 11. The molecular weight excluding hydrogens is 326 g/mol. The van der Waals surface area contributed by atoms with Gasteiger partial charge in [0.25, 0.3) is 5.91 Å². The van der Waals surface area contributed by atoms with E-state index in [9.17, 15) is 4.79 Å². The van der Waals surface area contributed by atoms with Gasteiger partial charge in [0.2, 0.25) is 0 Å². The third kappa shape index (κ3) is 6.63. The smallest absolute Gasteiger partial charge is 0.262 e. The fourth-order valence-corrected chi connectivity index (χ4v) is 2.49. The molecule has 0 atom stereocenters. The average Bonchev–Trinajstić information content (AvgIpc) is 2.66. The second kappa shape index (κ2) is 11.0. The average molecular weight is 353 g/mol. The first-order chi connectivity index (χ1) is 12.7. The Morgan fingerprint density at radius 1 is 1.08 bits per heavy atom. The van der Waals surface area contributed by atoms with Crippen molar-refractivity contribution >= 4 is 11.6 Å². The predicted octanol–water partition coefficient (Wildman–Crippen LogP) is 5.00. The van der Waals surface area contributed by atoms with Gasteiger partial charge in [-0.3, -0.25) is 4.79 Å². The molecule has 0 aliphatic carbocycles. The molecule has 0 saturated carbocycles. The van der Waals surface area contributed by atoms with Crippen LogP contribution in [0.5, 0.6) is 11.5 Å². The van der Waals surface area contributed by atoms with Gasteiger partial charge in [-0.15, -0.1) is 6.58 Å². The first kappa shape index (κ1) is 19.6. The molecule has 1 N–H and O–H groups in total. The van der Waals surface area contributed by atoms with Crippen LogP contribution in [-0.4, -0.2) is 19.1 Å². The number of hydrogen-bond acceptors (Lipinski definition) is 3. The number of para-hydroxylation sites is 1. The fourth-order valence-electron chi connectivity index (χ4n) is 2.49. The molecule has 0 aliphatic heterocycles. The number of amides is 1. The summed E-state index contributed by atoms with van der Waals surface area (Å²) in [6, 6.07) is 15.0. The van der Waals surface area contributed by atoms with Crippen molar-refractivity contribution in [1.29, 1.82) is 0 Å². The summed E-state index contributed by atoms with van der Waals surface area (Å²) in [5.74, 6) is 1.32. The van der Waals surface area contributed by atoms with Crippen LogP contribution in [0.3, 0.4) is 0 Å². The zero-order chi connectivity index (χ0) is 18.6. The molecule has 0 heterocycles. The van der Waals surface area contributed by atoms with E-state index in [2.05, 4.69) is 18.8 Å². The molecule has 0 saturated heterocycles. The Labute approximate surface area is 155 Å². The molecule has 0 aliphatic rings. The van der Waals surface area contributed by atoms with Gasteiger partial charge in [0.15, 0.2) is 6.61 Å². The molecule has 26 heavy (non-hydrogen) atoms. The van der Waals surface area contributed by atoms with Crippen molar-refractivity contribution in [2.24, 2.45) is 0 Å². The first-order valence-corrected chi connectivity index (χ1v) is 9.07. The molecule has 0 radical (unpaired) electrons. The molecule has 138 valence electrons. The standard InChI is InChI=1S/C22H27NO3/c1-3-5-8-16-25-20-14-12-19(13-15-20)23-22(24)17-26-21-11-7-6-10-18(21)9-4-2/h4,6-7,10-15H,2-3,5,8-9,16-17H2,1H3,(H,23,24). The summed E-state index contributed by atoms with van der Waals surface area (Å²) < 4.78 is 11.3. The molecule has 0 fully saturated rings. The lowest BCUT2D eigenvalue weighted by molar-refractivity contribution is -0.118. The Morgan fingerprint density at radius 2 is 1.85 bits per heavy atom. The quantitative estimate of drug-likeness (QED) is 0.457. The van der Waals surface area contributed by atoms with E-state index in [-0.39, 0.29) is 12.5 Å². The number of carbonyl (C=O) groups is 1. The zero-order valence-electron chi connectivity index (χ0n) is 15.4. The molecule has 0 bridgehead atoms. The second-order valence-electron chi connectivity index (χ2n) is 6.02. The number of allylic oxidation sites excluding steroid dienone is 1. The number of ether oxygens (including phenoxy) is 2. The molecular formula is C22H27NO3. The van der Waals surface area contributed by atoms with Crippen LogP contribution in [-0.2, 0) is 11.2 Å². The highest BCUT2D eigenvalue weighted by molar-refractivity contribution is 5.91. The number of anilines is 1. The van der Waals surface area contributed by atoms with E-state index in [1.54, 1.807) is 0 Å². The minimum Gasteiger partial charge on any atom is -0.494 e. The third-order valence-electron chi connectivity index (χ3n) is 3.85. The molecule has 0 unspecified atom stereocenters. The normalized spacial score (nSPS) is 10.2. The van der Waals surface area contributed by atoms with Gasteiger partial charge < -0.3 is 14.8 Å². The summed E-state index contributed by atoms with van der Waals surface area (Å²) in [5.41, 5.74) is 1.73. The van der Waals surface area contributed by atoms with Crippen molar-refractivity contribution in [1.82, 2.24) is 0 Å². The van der Waals surface area contributed by atoms with Crippen LogP contribution in [0.1, 0.15) is 31.7 Å². The van der Waals surface area contributed by atoms with E-state index in [0.717, 1.165) is 30.0 Å². The Morgan fingerprint density at radius 3 is 2.58 bits per heavy atom. The maximum absolute atomic E-state index is 12.1. The van der Waals surface area contributed by atoms with E-state index in [1.807, 2.05) is 54.6 Å². The van der Waals surface area contributed by atoms with E-state index < -0.39 is 0 Å². The molecule has 2 aromatic rings. The van der Waals surface area contributed by atoms with Gasteiger partial charge >= 0.3 is 0 Å². The fraction of sp³-hybridized carbons (Fsp3) is 0.318. The minimum atomic E-state index is -0.199. The van der Waals surface area contributed by atoms with Crippen molar-refractivity contribution < 1.29 is 14.3 Å². The summed E-state index contributed by atoms with van der Waals surface area (Å²) in [5, 5.41) is 2.83. The SMILES string of the molecule is C=CCc1ccccc1OCC(=O)Nc1ccc(OCCCCC)cc1. The number of benzene rings is 2. The van der Waals surface area contributed by atoms with E-state index >= 15 is 0 Å². The van der Waals surface area contributed by atoms with Gasteiger partial charge in [-0.2, -0.15) is 0 Å². The second-order valence-corrected chi connectivity index (χ2v) is 6.02. The number of hydrogen-bond donors (Lipinski definition) is 1. The van der Waals surface area contributed by atoms with Crippen LogP contribution in [0, 0.1) is 0 Å².